The minimum atomic E-state index is -1.80. The van der Waals surface area contributed by atoms with Gasteiger partial charge < -0.3 is 42.1 Å². The molecule has 0 aliphatic heterocycles. The number of aliphatic hydroxyl groups is 1. The quantitative estimate of drug-likeness (QED) is 0.154. The van der Waals surface area contributed by atoms with Gasteiger partial charge in [-0.05, 0) is 30.5 Å². The molecule has 194 valence electrons. The summed E-state index contributed by atoms with van der Waals surface area (Å²) in [5, 5.41) is 44.2. The van der Waals surface area contributed by atoms with E-state index in [0.717, 1.165) is 0 Å². The van der Waals surface area contributed by atoms with Crippen LogP contribution in [0.25, 0.3) is 0 Å². The first-order valence-corrected chi connectivity index (χ1v) is 10.8. The molecule has 3 amide bonds. The summed E-state index contributed by atoms with van der Waals surface area (Å²) in [6, 6.07) is 0.164. The lowest BCUT2D eigenvalue weighted by atomic mass is 10.0. The van der Waals surface area contributed by atoms with Gasteiger partial charge in [0.2, 0.25) is 17.7 Å². The van der Waals surface area contributed by atoms with Gasteiger partial charge in [-0.3, -0.25) is 19.2 Å². The number of aliphatic carboxylic acids is 2. The fourth-order valence-electron chi connectivity index (χ4n) is 2.94. The van der Waals surface area contributed by atoms with Gasteiger partial charge in [0.1, 0.15) is 23.9 Å². The highest BCUT2D eigenvalue weighted by molar-refractivity contribution is 5.95. The van der Waals surface area contributed by atoms with Crippen LogP contribution in [0.3, 0.4) is 0 Å². The van der Waals surface area contributed by atoms with Crippen LogP contribution in [0.1, 0.15) is 32.8 Å². The average molecular weight is 497 g/mol. The lowest BCUT2D eigenvalue weighted by Gasteiger charge is -2.27. The number of nitrogens with one attached hydrogen (secondary N) is 3. The molecule has 1 aromatic rings. The van der Waals surface area contributed by atoms with E-state index < -0.39 is 66.4 Å². The summed E-state index contributed by atoms with van der Waals surface area (Å²) >= 11 is 0. The van der Waals surface area contributed by atoms with Gasteiger partial charge in [-0.1, -0.05) is 26.0 Å². The fourth-order valence-corrected chi connectivity index (χ4v) is 2.94. The molecule has 5 atom stereocenters. The van der Waals surface area contributed by atoms with Gasteiger partial charge >= 0.3 is 11.9 Å². The fraction of sp³-hybridized carbons (Fsp3) is 0.500. The highest BCUT2D eigenvalue weighted by Gasteiger charge is 2.33. The number of amides is 3. The normalized spacial score (nSPS) is 15.3. The molecule has 0 fully saturated rings. The molecule has 0 radical (unpaired) electrons. The summed E-state index contributed by atoms with van der Waals surface area (Å²) in [5.41, 5.74) is 6.41. The van der Waals surface area contributed by atoms with Crippen molar-refractivity contribution >= 4 is 29.7 Å². The predicted octanol–water partition coefficient (Wildman–Crippen LogP) is -1.69. The van der Waals surface area contributed by atoms with Crippen molar-refractivity contribution in [1.29, 1.82) is 0 Å². The molecule has 0 aliphatic carbocycles. The number of hydrogen-bond acceptors (Lipinski definition) is 8. The third-order valence-corrected chi connectivity index (χ3v) is 5.09. The number of carboxylic acid groups (broad SMARTS) is 2. The molecule has 1 rings (SSSR count). The van der Waals surface area contributed by atoms with Gasteiger partial charge in [0, 0.05) is 6.42 Å². The van der Waals surface area contributed by atoms with Crippen molar-refractivity contribution in [1.82, 2.24) is 16.0 Å². The van der Waals surface area contributed by atoms with Crippen molar-refractivity contribution in [3.8, 4) is 5.75 Å². The molecule has 0 bridgehead atoms. The molecule has 0 saturated heterocycles. The number of rotatable bonds is 13. The third-order valence-electron chi connectivity index (χ3n) is 5.09. The van der Waals surface area contributed by atoms with E-state index in [9.17, 15) is 34.2 Å². The second-order valence-electron chi connectivity index (χ2n) is 8.43. The molecule has 13 heteroatoms. The molecule has 35 heavy (non-hydrogen) atoms. The Labute approximate surface area is 201 Å². The Morgan fingerprint density at radius 2 is 1.40 bits per heavy atom. The molecular weight excluding hydrogens is 464 g/mol. The number of phenolic OH excluding ortho intramolecular Hbond substituents is 1. The Morgan fingerprint density at radius 3 is 1.86 bits per heavy atom. The molecule has 9 N–H and O–H groups in total. The van der Waals surface area contributed by atoms with Crippen LogP contribution in [0.15, 0.2) is 24.3 Å². The lowest BCUT2D eigenvalue weighted by molar-refractivity contribution is -0.148. The van der Waals surface area contributed by atoms with Crippen LogP contribution in [0.4, 0.5) is 0 Å². The van der Waals surface area contributed by atoms with Gasteiger partial charge in [-0.25, -0.2) is 4.79 Å². The molecule has 0 spiro atoms. The zero-order valence-corrected chi connectivity index (χ0v) is 19.6. The van der Waals surface area contributed by atoms with Gasteiger partial charge in [-0.2, -0.15) is 0 Å². The topological polar surface area (TPSA) is 228 Å². The Hall–Kier alpha value is -3.71. The number of benzene rings is 1. The maximum absolute atomic E-state index is 13.0. The van der Waals surface area contributed by atoms with Crippen molar-refractivity contribution < 1.29 is 44.4 Å². The van der Waals surface area contributed by atoms with Crippen LogP contribution < -0.4 is 21.7 Å². The Bertz CT molecular complexity index is 918. The number of aromatic hydroxyl groups is 1. The first-order valence-electron chi connectivity index (χ1n) is 10.8. The largest absolute Gasteiger partial charge is 0.508 e. The van der Waals surface area contributed by atoms with Crippen LogP contribution in [0.2, 0.25) is 0 Å². The van der Waals surface area contributed by atoms with E-state index in [1.807, 2.05) is 5.32 Å². The summed E-state index contributed by atoms with van der Waals surface area (Å²) in [6.07, 6.45) is -2.48. The molecule has 5 unspecified atom stereocenters. The molecule has 13 nitrogen and oxygen atoms in total. The monoisotopic (exact) mass is 496 g/mol. The van der Waals surface area contributed by atoms with E-state index in [-0.39, 0.29) is 18.1 Å². The lowest BCUT2D eigenvalue weighted by Crippen LogP contribution is -2.60. The number of carboxylic acids is 2. The molecular formula is C22H32N4O9. The number of phenols is 1. The smallest absolute Gasteiger partial charge is 0.326 e. The van der Waals surface area contributed by atoms with E-state index in [4.69, 9.17) is 15.9 Å². The Morgan fingerprint density at radius 1 is 0.857 bits per heavy atom. The van der Waals surface area contributed by atoms with Gasteiger partial charge in [0.25, 0.3) is 0 Å². The summed E-state index contributed by atoms with van der Waals surface area (Å²) in [7, 11) is 0. The van der Waals surface area contributed by atoms with Crippen molar-refractivity contribution in [2.45, 2.75) is 63.9 Å². The second kappa shape index (κ2) is 13.2. The third kappa shape index (κ3) is 9.59. The van der Waals surface area contributed by atoms with Gasteiger partial charge in [0.15, 0.2) is 0 Å². The van der Waals surface area contributed by atoms with E-state index in [1.54, 1.807) is 13.8 Å². The average Bonchev–Trinajstić information content (AvgIpc) is 2.76. The van der Waals surface area contributed by atoms with E-state index in [2.05, 4.69) is 10.6 Å². The summed E-state index contributed by atoms with van der Waals surface area (Å²) in [6.45, 7) is 4.59. The van der Waals surface area contributed by atoms with Crippen molar-refractivity contribution in [2.75, 3.05) is 0 Å². The van der Waals surface area contributed by atoms with Gasteiger partial charge in [-0.15, -0.1) is 0 Å². The SMILES string of the molecule is CC(C)C(N)C(=O)NC(Cc1ccc(O)cc1)C(=O)NC(C(=O)NC(CC(=O)O)C(=O)O)C(C)O. The van der Waals surface area contributed by atoms with Crippen LogP contribution in [0, 0.1) is 5.92 Å². The van der Waals surface area contributed by atoms with E-state index >= 15 is 0 Å². The Kier molecular flexibility index (Phi) is 11.1. The maximum atomic E-state index is 13.0. The predicted molar refractivity (Wildman–Crippen MR) is 122 cm³/mol. The van der Waals surface area contributed by atoms with Crippen LogP contribution in [-0.4, -0.2) is 80.4 Å². The van der Waals surface area contributed by atoms with E-state index in [1.165, 1.54) is 31.2 Å². The second-order valence-corrected chi connectivity index (χ2v) is 8.43. The highest BCUT2D eigenvalue weighted by atomic mass is 16.4. The summed E-state index contributed by atoms with van der Waals surface area (Å²) in [4.78, 5) is 60.3. The molecule has 0 saturated carbocycles. The van der Waals surface area contributed by atoms with Crippen LogP contribution >= 0.6 is 0 Å². The zero-order chi connectivity index (χ0) is 26.9. The molecule has 1 aromatic carbocycles. The highest BCUT2D eigenvalue weighted by Crippen LogP contribution is 2.12. The van der Waals surface area contributed by atoms with Crippen LogP contribution in [0.5, 0.6) is 5.75 Å². The summed E-state index contributed by atoms with van der Waals surface area (Å²) < 4.78 is 0. The van der Waals surface area contributed by atoms with Gasteiger partial charge in [0.05, 0.1) is 18.6 Å². The van der Waals surface area contributed by atoms with Crippen molar-refractivity contribution in [3.63, 3.8) is 0 Å². The minimum absolute atomic E-state index is 0.0131. The number of aliphatic hydroxyl groups excluding tert-OH is 1. The summed E-state index contributed by atoms with van der Waals surface area (Å²) in [5.74, 6) is -6.00. The first-order chi connectivity index (χ1) is 16.2. The molecule has 0 aromatic heterocycles. The zero-order valence-electron chi connectivity index (χ0n) is 19.6. The maximum Gasteiger partial charge on any atom is 0.326 e. The number of carbonyl (C=O) groups is 5. The minimum Gasteiger partial charge on any atom is -0.508 e. The van der Waals surface area contributed by atoms with Crippen LogP contribution in [-0.2, 0) is 30.4 Å². The standard InChI is InChI=1S/C22H32N4O9/c1-10(2)17(23)20(32)24-14(8-12-4-6-13(28)7-5-12)19(31)26-18(11(3)27)21(33)25-15(22(34)35)9-16(29)30/h4-7,10-11,14-15,17-18,27-28H,8-9,23H2,1-3H3,(H,24,32)(H,25,33)(H,26,31)(H,29,30)(H,34,35). The molecule has 0 heterocycles. The number of carbonyl (C=O) groups excluding carboxylic acids is 3. The van der Waals surface area contributed by atoms with Crippen molar-refractivity contribution in [3.05, 3.63) is 29.8 Å². The van der Waals surface area contributed by atoms with Crippen molar-refractivity contribution in [2.24, 2.45) is 11.7 Å². The number of hydrogen-bond donors (Lipinski definition) is 8. The first kappa shape index (κ1) is 29.3. The molecule has 0 aliphatic rings. The van der Waals surface area contributed by atoms with E-state index in [0.29, 0.717) is 5.56 Å². The number of nitrogens with two attached hydrogens (primary N) is 1. The Balaban J connectivity index is 3.11.